The molecule has 1 aliphatic rings. The quantitative estimate of drug-likeness (QED) is 0.835. The first-order valence-corrected chi connectivity index (χ1v) is 8.44. The molecule has 0 fully saturated rings. The zero-order valence-corrected chi connectivity index (χ0v) is 15.2. The number of hydrogen-bond acceptors (Lipinski definition) is 6. The molecule has 0 spiro atoms. The fourth-order valence-corrected chi connectivity index (χ4v) is 3.02. The van der Waals surface area contributed by atoms with E-state index in [2.05, 4.69) is 30.7 Å². The Kier molecular flexibility index (Phi) is 4.56. The second-order valence-corrected chi connectivity index (χ2v) is 7.54. The van der Waals surface area contributed by atoms with Crippen LogP contribution in [0.2, 0.25) is 0 Å². The Labute approximate surface area is 148 Å². The van der Waals surface area contributed by atoms with Gasteiger partial charge in [0.2, 0.25) is 5.75 Å². The Morgan fingerprint density at radius 3 is 2.68 bits per heavy atom. The summed E-state index contributed by atoms with van der Waals surface area (Å²) < 4.78 is 5.11. The SMILES string of the molecule is COc1cc(CN2CCc3nc(C(C)(C)C)ncc3C2)cc(O)c1O. The molecule has 1 aliphatic heterocycles. The topological polar surface area (TPSA) is 78.7 Å². The number of aromatic hydroxyl groups is 2. The summed E-state index contributed by atoms with van der Waals surface area (Å²) in [6, 6.07) is 3.33. The fraction of sp³-hybridized carbons (Fsp3) is 0.474. The van der Waals surface area contributed by atoms with Crippen molar-refractivity contribution >= 4 is 0 Å². The molecule has 0 unspecified atom stereocenters. The molecule has 134 valence electrons. The summed E-state index contributed by atoms with van der Waals surface area (Å²) in [5.41, 5.74) is 3.12. The molecule has 2 N–H and O–H groups in total. The van der Waals surface area contributed by atoms with Gasteiger partial charge in [0.05, 0.1) is 7.11 Å². The molecule has 1 aromatic heterocycles. The third kappa shape index (κ3) is 3.69. The summed E-state index contributed by atoms with van der Waals surface area (Å²) in [5, 5.41) is 19.6. The predicted octanol–water partition coefficient (Wildman–Crippen LogP) is 2.75. The van der Waals surface area contributed by atoms with Crippen molar-refractivity contribution in [2.45, 2.75) is 45.7 Å². The number of nitrogens with zero attached hydrogens (tertiary/aromatic N) is 3. The minimum absolute atomic E-state index is 0.0493. The van der Waals surface area contributed by atoms with Gasteiger partial charge in [0.1, 0.15) is 5.82 Å². The van der Waals surface area contributed by atoms with Gasteiger partial charge in [-0.2, -0.15) is 0 Å². The molecule has 6 heteroatoms. The van der Waals surface area contributed by atoms with E-state index in [0.29, 0.717) is 6.54 Å². The Hall–Kier alpha value is -2.34. The highest BCUT2D eigenvalue weighted by Crippen LogP contribution is 2.36. The summed E-state index contributed by atoms with van der Waals surface area (Å²) >= 11 is 0. The van der Waals surface area contributed by atoms with Crippen molar-refractivity contribution in [3.63, 3.8) is 0 Å². The highest BCUT2D eigenvalue weighted by Gasteiger charge is 2.23. The Bertz CT molecular complexity index is 784. The summed E-state index contributed by atoms with van der Waals surface area (Å²) in [5.74, 6) is 0.779. The number of methoxy groups -OCH3 is 1. The smallest absolute Gasteiger partial charge is 0.200 e. The summed E-state index contributed by atoms with van der Waals surface area (Å²) in [6.07, 6.45) is 2.81. The second-order valence-electron chi connectivity index (χ2n) is 7.54. The molecule has 0 saturated carbocycles. The van der Waals surface area contributed by atoms with Crippen molar-refractivity contribution in [3.05, 3.63) is 41.0 Å². The number of phenols is 2. The van der Waals surface area contributed by atoms with Crippen LogP contribution in [0.15, 0.2) is 18.3 Å². The standard InChI is InChI=1S/C19H25N3O3/c1-19(2,3)18-20-9-13-11-22(6-5-14(13)21-18)10-12-7-15(23)17(24)16(8-12)25-4/h7-9,23-24H,5-6,10-11H2,1-4H3. The van der Waals surface area contributed by atoms with Crippen LogP contribution in [0, 0.1) is 0 Å². The average Bonchev–Trinajstić information content (AvgIpc) is 2.56. The van der Waals surface area contributed by atoms with Crippen molar-refractivity contribution in [2.24, 2.45) is 0 Å². The minimum Gasteiger partial charge on any atom is -0.504 e. The Balaban J connectivity index is 1.77. The van der Waals surface area contributed by atoms with E-state index in [-0.39, 0.29) is 22.7 Å². The van der Waals surface area contributed by atoms with Crippen LogP contribution in [0.3, 0.4) is 0 Å². The van der Waals surface area contributed by atoms with Gasteiger partial charge in [-0.15, -0.1) is 0 Å². The summed E-state index contributed by atoms with van der Waals surface area (Å²) in [4.78, 5) is 11.5. The van der Waals surface area contributed by atoms with E-state index < -0.39 is 0 Å². The molecule has 3 rings (SSSR count). The third-order valence-corrected chi connectivity index (χ3v) is 4.42. The Morgan fingerprint density at radius 2 is 2.00 bits per heavy atom. The van der Waals surface area contributed by atoms with E-state index >= 15 is 0 Å². The molecule has 0 saturated heterocycles. The highest BCUT2D eigenvalue weighted by molar-refractivity contribution is 5.51. The van der Waals surface area contributed by atoms with Gasteiger partial charge in [-0.05, 0) is 17.7 Å². The lowest BCUT2D eigenvalue weighted by atomic mass is 9.95. The maximum Gasteiger partial charge on any atom is 0.200 e. The van der Waals surface area contributed by atoms with Crippen LogP contribution >= 0.6 is 0 Å². The molecule has 0 radical (unpaired) electrons. The van der Waals surface area contributed by atoms with Crippen LogP contribution in [0.25, 0.3) is 0 Å². The van der Waals surface area contributed by atoms with E-state index in [9.17, 15) is 10.2 Å². The number of ether oxygens (including phenoxy) is 1. The number of phenolic OH excluding ortho intramolecular Hbond substituents is 2. The number of fused-ring (bicyclic) bond motifs is 1. The van der Waals surface area contributed by atoms with Crippen molar-refractivity contribution in [1.82, 2.24) is 14.9 Å². The van der Waals surface area contributed by atoms with E-state index in [1.54, 1.807) is 12.1 Å². The molecular formula is C19H25N3O3. The van der Waals surface area contributed by atoms with Crippen molar-refractivity contribution in [1.29, 1.82) is 0 Å². The van der Waals surface area contributed by atoms with Crippen molar-refractivity contribution in [2.75, 3.05) is 13.7 Å². The maximum atomic E-state index is 9.84. The highest BCUT2D eigenvalue weighted by atomic mass is 16.5. The fourth-order valence-electron chi connectivity index (χ4n) is 3.02. The minimum atomic E-state index is -0.224. The van der Waals surface area contributed by atoms with Crippen LogP contribution in [0.1, 0.15) is 43.4 Å². The lowest BCUT2D eigenvalue weighted by Gasteiger charge is -2.29. The van der Waals surface area contributed by atoms with Gasteiger partial charge in [0, 0.05) is 48.9 Å². The van der Waals surface area contributed by atoms with Gasteiger partial charge in [-0.3, -0.25) is 4.90 Å². The summed E-state index contributed by atoms with van der Waals surface area (Å²) in [7, 11) is 1.47. The first-order valence-electron chi connectivity index (χ1n) is 8.44. The molecule has 1 aromatic carbocycles. The third-order valence-electron chi connectivity index (χ3n) is 4.42. The number of aromatic nitrogens is 2. The molecule has 0 amide bonds. The molecule has 0 bridgehead atoms. The lowest BCUT2D eigenvalue weighted by molar-refractivity contribution is 0.241. The zero-order valence-electron chi connectivity index (χ0n) is 15.2. The molecule has 2 aromatic rings. The van der Waals surface area contributed by atoms with Crippen LogP contribution in [-0.2, 0) is 24.9 Å². The zero-order chi connectivity index (χ0) is 18.2. The molecule has 0 atom stereocenters. The first-order chi connectivity index (χ1) is 11.8. The van der Waals surface area contributed by atoms with Crippen LogP contribution < -0.4 is 4.74 Å². The van der Waals surface area contributed by atoms with E-state index in [1.807, 2.05) is 6.20 Å². The van der Waals surface area contributed by atoms with E-state index in [1.165, 1.54) is 7.11 Å². The molecule has 6 nitrogen and oxygen atoms in total. The normalized spacial score (nSPS) is 15.0. The molecular weight excluding hydrogens is 318 g/mol. The van der Waals surface area contributed by atoms with Gasteiger partial charge in [0.15, 0.2) is 11.5 Å². The second kappa shape index (κ2) is 6.52. The van der Waals surface area contributed by atoms with Crippen molar-refractivity contribution < 1.29 is 14.9 Å². The van der Waals surface area contributed by atoms with E-state index in [0.717, 1.165) is 42.2 Å². The van der Waals surface area contributed by atoms with Crippen molar-refractivity contribution in [3.8, 4) is 17.2 Å². The number of hydrogen-bond donors (Lipinski definition) is 2. The molecule has 0 aliphatic carbocycles. The average molecular weight is 343 g/mol. The maximum absolute atomic E-state index is 9.84. The predicted molar refractivity (Wildman–Crippen MR) is 94.9 cm³/mol. The first kappa shape index (κ1) is 17.5. The number of benzene rings is 1. The lowest BCUT2D eigenvalue weighted by Crippen LogP contribution is -2.31. The van der Waals surface area contributed by atoms with Crippen LogP contribution in [-0.4, -0.2) is 38.7 Å². The Morgan fingerprint density at radius 1 is 1.24 bits per heavy atom. The van der Waals surface area contributed by atoms with Gasteiger partial charge < -0.3 is 14.9 Å². The van der Waals surface area contributed by atoms with Gasteiger partial charge in [-0.25, -0.2) is 9.97 Å². The van der Waals surface area contributed by atoms with Gasteiger partial charge in [0.25, 0.3) is 0 Å². The van der Waals surface area contributed by atoms with Gasteiger partial charge in [-0.1, -0.05) is 20.8 Å². The van der Waals surface area contributed by atoms with Gasteiger partial charge >= 0.3 is 0 Å². The summed E-state index contributed by atoms with van der Waals surface area (Å²) in [6.45, 7) is 8.67. The molecule has 25 heavy (non-hydrogen) atoms. The monoisotopic (exact) mass is 343 g/mol. The largest absolute Gasteiger partial charge is 0.504 e. The van der Waals surface area contributed by atoms with Crippen LogP contribution in [0.4, 0.5) is 0 Å². The van der Waals surface area contributed by atoms with E-state index in [4.69, 9.17) is 9.72 Å². The van der Waals surface area contributed by atoms with Crippen LogP contribution in [0.5, 0.6) is 17.2 Å². The number of rotatable bonds is 3. The molecule has 2 heterocycles.